The van der Waals surface area contributed by atoms with Crippen LogP contribution in [0.25, 0.3) is 0 Å². The standard InChI is InChI=1S/C10H11NO3.2C2H6/c1-8(12)2-3-9-4-6-10(7-5-9)11(13)14;2*1-2/h4-7H,2-3H2,1H3;2*1-2H3. The Bertz CT molecular complexity index is 345. The van der Waals surface area contributed by atoms with Gasteiger partial charge in [0.25, 0.3) is 5.69 Å². The molecule has 0 heterocycles. The molecule has 1 aromatic carbocycles. The summed E-state index contributed by atoms with van der Waals surface area (Å²) in [5.74, 6) is 0.128. The number of Topliss-reactive ketones (excluding diaryl/α,β-unsaturated/α-hetero) is 1. The quantitative estimate of drug-likeness (QED) is 0.597. The van der Waals surface area contributed by atoms with Crippen molar-refractivity contribution < 1.29 is 9.72 Å². The van der Waals surface area contributed by atoms with E-state index in [0.29, 0.717) is 12.8 Å². The lowest BCUT2D eigenvalue weighted by molar-refractivity contribution is -0.384. The van der Waals surface area contributed by atoms with E-state index in [4.69, 9.17) is 0 Å². The van der Waals surface area contributed by atoms with Crippen LogP contribution in [-0.2, 0) is 11.2 Å². The second-order valence-corrected chi connectivity index (χ2v) is 3.13. The van der Waals surface area contributed by atoms with Gasteiger partial charge >= 0.3 is 0 Å². The van der Waals surface area contributed by atoms with E-state index in [1.54, 1.807) is 12.1 Å². The van der Waals surface area contributed by atoms with E-state index < -0.39 is 4.92 Å². The molecule has 0 aliphatic carbocycles. The molecule has 0 N–H and O–H groups in total. The first kappa shape index (κ1) is 18.6. The second kappa shape index (κ2) is 11.8. The van der Waals surface area contributed by atoms with E-state index >= 15 is 0 Å². The Balaban J connectivity index is 0. The molecule has 0 aliphatic heterocycles. The summed E-state index contributed by atoms with van der Waals surface area (Å²) in [6, 6.07) is 6.27. The van der Waals surface area contributed by atoms with Crippen molar-refractivity contribution in [2.45, 2.75) is 47.5 Å². The Morgan fingerprint density at radius 3 is 1.89 bits per heavy atom. The number of rotatable bonds is 4. The van der Waals surface area contributed by atoms with Crippen molar-refractivity contribution in [3.63, 3.8) is 0 Å². The van der Waals surface area contributed by atoms with Gasteiger partial charge in [-0.25, -0.2) is 0 Å². The topological polar surface area (TPSA) is 60.2 Å². The fourth-order valence-corrected chi connectivity index (χ4v) is 1.10. The first-order chi connectivity index (χ1) is 8.59. The highest BCUT2D eigenvalue weighted by Gasteiger charge is 2.03. The number of benzene rings is 1. The minimum absolute atomic E-state index is 0.0802. The van der Waals surface area contributed by atoms with Gasteiger partial charge in [0.1, 0.15) is 5.78 Å². The van der Waals surface area contributed by atoms with Gasteiger partial charge in [0.15, 0.2) is 0 Å². The minimum Gasteiger partial charge on any atom is -0.300 e. The summed E-state index contributed by atoms with van der Waals surface area (Å²) in [7, 11) is 0. The van der Waals surface area contributed by atoms with Crippen LogP contribution in [0.4, 0.5) is 5.69 Å². The number of nitro benzene ring substituents is 1. The number of carbonyl (C=O) groups excluding carboxylic acids is 1. The van der Waals surface area contributed by atoms with Crippen molar-refractivity contribution in [3.8, 4) is 0 Å². The van der Waals surface area contributed by atoms with Crippen molar-refractivity contribution in [2.24, 2.45) is 0 Å². The Morgan fingerprint density at radius 1 is 1.11 bits per heavy atom. The van der Waals surface area contributed by atoms with Gasteiger partial charge in [-0.3, -0.25) is 10.1 Å². The summed E-state index contributed by atoms with van der Waals surface area (Å²) in [6.45, 7) is 9.53. The Kier molecular flexibility index (Phi) is 12.2. The molecule has 0 saturated heterocycles. The maximum atomic E-state index is 10.7. The number of non-ortho nitro benzene ring substituents is 1. The van der Waals surface area contributed by atoms with E-state index in [-0.39, 0.29) is 11.5 Å². The van der Waals surface area contributed by atoms with Crippen LogP contribution in [0.3, 0.4) is 0 Å². The van der Waals surface area contributed by atoms with Crippen LogP contribution >= 0.6 is 0 Å². The highest BCUT2D eigenvalue weighted by atomic mass is 16.6. The Labute approximate surface area is 109 Å². The molecule has 4 nitrogen and oxygen atoms in total. The first-order valence-corrected chi connectivity index (χ1v) is 6.32. The lowest BCUT2D eigenvalue weighted by Crippen LogP contribution is -1.94. The number of carbonyl (C=O) groups is 1. The van der Waals surface area contributed by atoms with Gasteiger partial charge < -0.3 is 4.79 Å². The third kappa shape index (κ3) is 8.44. The molecule has 0 saturated carbocycles. The van der Waals surface area contributed by atoms with Crippen molar-refractivity contribution in [1.82, 2.24) is 0 Å². The van der Waals surface area contributed by atoms with Crippen LogP contribution in [0, 0.1) is 10.1 Å². The van der Waals surface area contributed by atoms with Crippen molar-refractivity contribution in [3.05, 3.63) is 39.9 Å². The number of ketones is 1. The normalized spacial score (nSPS) is 8.28. The lowest BCUT2D eigenvalue weighted by Gasteiger charge is -1.97. The fraction of sp³-hybridized carbons (Fsp3) is 0.500. The smallest absolute Gasteiger partial charge is 0.269 e. The van der Waals surface area contributed by atoms with Crippen molar-refractivity contribution in [2.75, 3.05) is 0 Å². The van der Waals surface area contributed by atoms with E-state index in [2.05, 4.69) is 0 Å². The molecule has 0 radical (unpaired) electrons. The first-order valence-electron chi connectivity index (χ1n) is 6.32. The van der Waals surface area contributed by atoms with Crippen LogP contribution in [0.2, 0.25) is 0 Å². The van der Waals surface area contributed by atoms with Gasteiger partial charge in [-0.2, -0.15) is 0 Å². The lowest BCUT2D eigenvalue weighted by atomic mass is 10.1. The zero-order valence-electron chi connectivity index (χ0n) is 11.9. The summed E-state index contributed by atoms with van der Waals surface area (Å²) >= 11 is 0. The van der Waals surface area contributed by atoms with Gasteiger partial charge in [0, 0.05) is 18.6 Å². The number of hydrogen-bond donors (Lipinski definition) is 0. The van der Waals surface area contributed by atoms with E-state index in [1.165, 1.54) is 19.1 Å². The highest BCUT2D eigenvalue weighted by molar-refractivity contribution is 5.75. The Hall–Kier alpha value is -1.71. The molecule has 0 amide bonds. The molecule has 0 fully saturated rings. The van der Waals surface area contributed by atoms with Crippen molar-refractivity contribution in [1.29, 1.82) is 0 Å². The zero-order chi connectivity index (χ0) is 14.6. The zero-order valence-corrected chi connectivity index (χ0v) is 11.9. The SMILES string of the molecule is CC.CC.CC(=O)CCc1ccc([N+](=O)[O-])cc1. The second-order valence-electron chi connectivity index (χ2n) is 3.13. The molecule has 0 aromatic heterocycles. The van der Waals surface area contributed by atoms with Crippen LogP contribution < -0.4 is 0 Å². The van der Waals surface area contributed by atoms with Gasteiger partial charge in [-0.05, 0) is 18.9 Å². The van der Waals surface area contributed by atoms with Crippen molar-refractivity contribution >= 4 is 11.5 Å². The average Bonchev–Trinajstić information content (AvgIpc) is 2.41. The van der Waals surface area contributed by atoms with Gasteiger partial charge in [0.2, 0.25) is 0 Å². The highest BCUT2D eigenvalue weighted by Crippen LogP contribution is 2.12. The predicted molar refractivity (Wildman–Crippen MR) is 74.8 cm³/mol. The molecule has 102 valence electrons. The number of nitrogens with zero attached hydrogens (tertiary/aromatic N) is 1. The predicted octanol–water partition coefficient (Wildman–Crippen LogP) is 4.17. The summed E-state index contributed by atoms with van der Waals surface area (Å²) < 4.78 is 0. The summed E-state index contributed by atoms with van der Waals surface area (Å²) in [6.07, 6.45) is 1.13. The fourth-order valence-electron chi connectivity index (χ4n) is 1.10. The van der Waals surface area contributed by atoms with E-state index in [0.717, 1.165) is 5.56 Å². The number of aryl methyl sites for hydroxylation is 1. The summed E-state index contributed by atoms with van der Waals surface area (Å²) in [4.78, 5) is 20.6. The Morgan fingerprint density at radius 2 is 1.56 bits per heavy atom. The molecular weight excluding hydrogens is 230 g/mol. The maximum absolute atomic E-state index is 10.7. The molecule has 0 aliphatic rings. The van der Waals surface area contributed by atoms with Crippen LogP contribution in [0.15, 0.2) is 24.3 Å². The molecule has 1 rings (SSSR count). The molecule has 0 unspecified atom stereocenters. The molecule has 1 aromatic rings. The summed E-state index contributed by atoms with van der Waals surface area (Å²) in [5.41, 5.74) is 1.03. The molecule has 0 spiro atoms. The molecular formula is C14H23NO3. The van der Waals surface area contributed by atoms with Gasteiger partial charge in [-0.15, -0.1) is 0 Å². The van der Waals surface area contributed by atoms with Crippen LogP contribution in [-0.4, -0.2) is 10.7 Å². The number of hydrogen-bond acceptors (Lipinski definition) is 3. The van der Waals surface area contributed by atoms with Crippen LogP contribution in [0.1, 0.15) is 46.6 Å². The third-order valence-corrected chi connectivity index (χ3v) is 1.91. The molecule has 18 heavy (non-hydrogen) atoms. The summed E-state index contributed by atoms with van der Waals surface area (Å²) in [5, 5.41) is 10.3. The molecule has 4 heteroatoms. The van der Waals surface area contributed by atoms with Crippen LogP contribution in [0.5, 0.6) is 0 Å². The third-order valence-electron chi connectivity index (χ3n) is 1.91. The minimum atomic E-state index is -0.436. The van der Waals surface area contributed by atoms with Gasteiger partial charge in [-0.1, -0.05) is 39.8 Å². The monoisotopic (exact) mass is 253 g/mol. The van der Waals surface area contributed by atoms with E-state index in [1.807, 2.05) is 27.7 Å². The number of nitro groups is 1. The molecule has 0 atom stereocenters. The average molecular weight is 253 g/mol. The van der Waals surface area contributed by atoms with Gasteiger partial charge in [0.05, 0.1) is 4.92 Å². The molecule has 0 bridgehead atoms. The largest absolute Gasteiger partial charge is 0.300 e. The van der Waals surface area contributed by atoms with E-state index in [9.17, 15) is 14.9 Å². The maximum Gasteiger partial charge on any atom is 0.269 e.